The van der Waals surface area contributed by atoms with Crippen molar-refractivity contribution in [2.24, 2.45) is 0 Å². The molecule has 0 fully saturated rings. The molecular weight excluding hydrogens is 252 g/mol. The Hall–Kier alpha value is -2.07. The third-order valence-electron chi connectivity index (χ3n) is 3.52. The summed E-state index contributed by atoms with van der Waals surface area (Å²) in [4.78, 5) is 4.02. The molecule has 0 aliphatic carbocycles. The summed E-state index contributed by atoms with van der Waals surface area (Å²) in [6, 6.07) is 10.4. The number of rotatable bonds is 4. The standard InChI is InChI=1S/C16H18N2O2/c1-19-15-4-2-3-13-9-14(11-20-16(13)15)18-10-12-5-7-17-8-6-12/h2-8,14,18H,9-11H2,1H3/t14-/m1/s1. The van der Waals surface area contributed by atoms with E-state index >= 15 is 0 Å². The molecule has 2 aromatic rings. The van der Waals surface area contributed by atoms with Crippen molar-refractivity contribution in [2.75, 3.05) is 13.7 Å². The summed E-state index contributed by atoms with van der Waals surface area (Å²) in [5.41, 5.74) is 2.43. The number of hydrogen-bond acceptors (Lipinski definition) is 4. The molecule has 0 bridgehead atoms. The van der Waals surface area contributed by atoms with Gasteiger partial charge in [0.2, 0.25) is 0 Å². The second-order valence-electron chi connectivity index (χ2n) is 4.90. The molecule has 4 heteroatoms. The van der Waals surface area contributed by atoms with Gasteiger partial charge < -0.3 is 14.8 Å². The molecule has 0 amide bonds. The third-order valence-corrected chi connectivity index (χ3v) is 3.52. The highest BCUT2D eigenvalue weighted by Gasteiger charge is 2.22. The van der Waals surface area contributed by atoms with E-state index in [9.17, 15) is 0 Å². The molecule has 0 saturated carbocycles. The molecule has 0 radical (unpaired) electrons. The number of nitrogens with zero attached hydrogens (tertiary/aromatic N) is 1. The maximum Gasteiger partial charge on any atom is 0.164 e. The number of ether oxygens (including phenoxy) is 2. The van der Waals surface area contributed by atoms with Gasteiger partial charge >= 0.3 is 0 Å². The molecule has 3 rings (SSSR count). The van der Waals surface area contributed by atoms with Gasteiger partial charge in [-0.2, -0.15) is 0 Å². The molecular formula is C16H18N2O2. The highest BCUT2D eigenvalue weighted by molar-refractivity contribution is 5.48. The van der Waals surface area contributed by atoms with Crippen molar-refractivity contribution >= 4 is 0 Å². The quantitative estimate of drug-likeness (QED) is 0.925. The molecule has 104 valence electrons. The smallest absolute Gasteiger partial charge is 0.164 e. The van der Waals surface area contributed by atoms with Crippen LogP contribution in [0, 0.1) is 0 Å². The average molecular weight is 270 g/mol. The fraction of sp³-hybridized carbons (Fsp3) is 0.312. The van der Waals surface area contributed by atoms with Gasteiger partial charge in [0.05, 0.1) is 7.11 Å². The summed E-state index contributed by atoms with van der Waals surface area (Å²) in [5.74, 6) is 1.70. The lowest BCUT2D eigenvalue weighted by Gasteiger charge is -2.27. The Morgan fingerprint density at radius 1 is 1.30 bits per heavy atom. The minimum Gasteiger partial charge on any atom is -0.493 e. The van der Waals surface area contributed by atoms with Crippen LogP contribution in [-0.2, 0) is 13.0 Å². The Labute approximate surface area is 118 Å². The first-order valence-electron chi connectivity index (χ1n) is 6.78. The minimum absolute atomic E-state index is 0.322. The third kappa shape index (κ3) is 2.75. The Balaban J connectivity index is 1.64. The highest BCUT2D eigenvalue weighted by Crippen LogP contribution is 2.34. The predicted molar refractivity (Wildman–Crippen MR) is 77.1 cm³/mol. The minimum atomic E-state index is 0.322. The maximum absolute atomic E-state index is 5.85. The zero-order valence-corrected chi connectivity index (χ0v) is 11.5. The van der Waals surface area contributed by atoms with Crippen LogP contribution in [0.15, 0.2) is 42.7 Å². The summed E-state index contributed by atoms with van der Waals surface area (Å²) >= 11 is 0. The van der Waals surface area contributed by atoms with Gasteiger partial charge in [-0.3, -0.25) is 4.98 Å². The lowest BCUT2D eigenvalue weighted by atomic mass is 10.0. The lowest BCUT2D eigenvalue weighted by molar-refractivity contribution is 0.226. The van der Waals surface area contributed by atoms with Crippen LogP contribution in [0.25, 0.3) is 0 Å². The largest absolute Gasteiger partial charge is 0.493 e. The van der Waals surface area contributed by atoms with Crippen molar-refractivity contribution in [2.45, 2.75) is 19.0 Å². The first-order valence-corrected chi connectivity index (χ1v) is 6.78. The molecule has 1 aromatic heterocycles. The van der Waals surface area contributed by atoms with E-state index in [0.29, 0.717) is 12.6 Å². The van der Waals surface area contributed by atoms with Gasteiger partial charge in [-0.1, -0.05) is 12.1 Å². The summed E-state index contributed by atoms with van der Waals surface area (Å²) in [6.45, 7) is 1.49. The molecule has 1 aliphatic rings. The maximum atomic E-state index is 5.85. The molecule has 1 aliphatic heterocycles. The molecule has 0 unspecified atom stereocenters. The van der Waals surface area contributed by atoms with Crippen molar-refractivity contribution < 1.29 is 9.47 Å². The first kappa shape index (κ1) is 12.9. The summed E-state index contributed by atoms with van der Waals surface area (Å²) in [7, 11) is 1.67. The Morgan fingerprint density at radius 3 is 2.95 bits per heavy atom. The molecule has 0 saturated heterocycles. The van der Waals surface area contributed by atoms with E-state index < -0.39 is 0 Å². The van der Waals surface area contributed by atoms with Gasteiger partial charge in [-0.15, -0.1) is 0 Å². The summed E-state index contributed by atoms with van der Waals surface area (Å²) in [6.07, 6.45) is 4.58. The monoisotopic (exact) mass is 270 g/mol. The number of pyridine rings is 1. The number of benzene rings is 1. The van der Waals surface area contributed by atoms with Crippen molar-refractivity contribution in [3.63, 3.8) is 0 Å². The van der Waals surface area contributed by atoms with Crippen molar-refractivity contribution in [1.82, 2.24) is 10.3 Å². The van der Waals surface area contributed by atoms with Crippen molar-refractivity contribution in [3.8, 4) is 11.5 Å². The number of aromatic nitrogens is 1. The van der Waals surface area contributed by atoms with E-state index in [4.69, 9.17) is 9.47 Å². The van der Waals surface area contributed by atoms with Crippen LogP contribution < -0.4 is 14.8 Å². The van der Waals surface area contributed by atoms with E-state index in [2.05, 4.69) is 16.4 Å². The second-order valence-corrected chi connectivity index (χ2v) is 4.90. The van der Waals surface area contributed by atoms with E-state index in [1.54, 1.807) is 7.11 Å². The van der Waals surface area contributed by atoms with Gasteiger partial charge in [0.1, 0.15) is 6.61 Å². The van der Waals surface area contributed by atoms with Gasteiger partial charge in [-0.05, 0) is 35.7 Å². The zero-order valence-electron chi connectivity index (χ0n) is 11.5. The number of hydrogen-bond donors (Lipinski definition) is 1. The average Bonchev–Trinajstić information content (AvgIpc) is 2.53. The van der Waals surface area contributed by atoms with Crippen molar-refractivity contribution in [1.29, 1.82) is 0 Å². The molecule has 2 heterocycles. The van der Waals surface area contributed by atoms with Crippen LogP contribution in [0.1, 0.15) is 11.1 Å². The van der Waals surface area contributed by atoms with Crippen LogP contribution in [0.3, 0.4) is 0 Å². The molecule has 1 aromatic carbocycles. The van der Waals surface area contributed by atoms with Crippen LogP contribution in [0.2, 0.25) is 0 Å². The molecule has 1 atom stereocenters. The topological polar surface area (TPSA) is 43.4 Å². The Kier molecular flexibility index (Phi) is 3.83. The molecule has 0 spiro atoms. The normalized spacial score (nSPS) is 17.1. The van der Waals surface area contributed by atoms with E-state index in [-0.39, 0.29) is 0 Å². The van der Waals surface area contributed by atoms with E-state index in [1.165, 1.54) is 11.1 Å². The number of para-hydroxylation sites is 1. The molecule has 4 nitrogen and oxygen atoms in total. The fourth-order valence-corrected chi connectivity index (χ4v) is 2.45. The van der Waals surface area contributed by atoms with Crippen LogP contribution in [0.4, 0.5) is 0 Å². The zero-order chi connectivity index (χ0) is 13.8. The van der Waals surface area contributed by atoms with Crippen molar-refractivity contribution in [3.05, 3.63) is 53.9 Å². The first-order chi connectivity index (χ1) is 9.86. The Morgan fingerprint density at radius 2 is 2.15 bits per heavy atom. The van der Waals surface area contributed by atoms with Gasteiger partial charge in [-0.25, -0.2) is 0 Å². The number of nitrogens with one attached hydrogen (secondary N) is 1. The predicted octanol–water partition coefficient (Wildman–Crippen LogP) is 2.18. The van der Waals surface area contributed by atoms with Crippen LogP contribution >= 0.6 is 0 Å². The number of fused-ring (bicyclic) bond motifs is 1. The summed E-state index contributed by atoms with van der Waals surface area (Å²) in [5, 5.41) is 3.52. The van der Waals surface area contributed by atoms with Gasteiger partial charge in [0, 0.05) is 25.0 Å². The highest BCUT2D eigenvalue weighted by atomic mass is 16.5. The van der Waals surface area contributed by atoms with Gasteiger partial charge in [0.25, 0.3) is 0 Å². The number of methoxy groups -OCH3 is 1. The van der Waals surface area contributed by atoms with E-state index in [0.717, 1.165) is 24.5 Å². The van der Waals surface area contributed by atoms with E-state index in [1.807, 2.05) is 36.7 Å². The summed E-state index contributed by atoms with van der Waals surface area (Å²) < 4.78 is 11.2. The fourth-order valence-electron chi connectivity index (χ4n) is 2.45. The Bertz CT molecular complexity index is 572. The lowest BCUT2D eigenvalue weighted by Crippen LogP contribution is -2.38. The van der Waals surface area contributed by atoms with Crippen LogP contribution in [-0.4, -0.2) is 24.7 Å². The van der Waals surface area contributed by atoms with Crippen LogP contribution in [0.5, 0.6) is 11.5 Å². The second kappa shape index (κ2) is 5.92. The molecule has 1 N–H and O–H groups in total. The van der Waals surface area contributed by atoms with Gasteiger partial charge in [0.15, 0.2) is 11.5 Å². The molecule has 20 heavy (non-hydrogen) atoms. The SMILES string of the molecule is COc1cccc2c1OC[C@H](NCc1ccncc1)C2.